The van der Waals surface area contributed by atoms with Crippen molar-refractivity contribution in [3.8, 4) is 0 Å². The van der Waals surface area contributed by atoms with Crippen LogP contribution in [-0.4, -0.2) is 29.6 Å². The van der Waals surface area contributed by atoms with Gasteiger partial charge in [-0.1, -0.05) is 17.7 Å². The van der Waals surface area contributed by atoms with Gasteiger partial charge in [0.05, 0.1) is 17.2 Å². The van der Waals surface area contributed by atoms with Crippen molar-refractivity contribution in [3.05, 3.63) is 69.9 Å². The third kappa shape index (κ3) is 4.79. The van der Waals surface area contributed by atoms with Gasteiger partial charge in [0, 0.05) is 10.9 Å². The van der Waals surface area contributed by atoms with Gasteiger partial charge in [-0.05, 0) is 42.8 Å². The fourth-order valence-electron chi connectivity index (χ4n) is 2.90. The Bertz CT molecular complexity index is 1160. The molecule has 0 aliphatic heterocycles. The number of amides is 1. The molecule has 0 saturated carbocycles. The molecule has 0 spiro atoms. The highest BCUT2D eigenvalue weighted by atomic mass is 35.5. The number of halogens is 6. The van der Waals surface area contributed by atoms with Crippen molar-refractivity contribution in [3.63, 3.8) is 0 Å². The Hall–Kier alpha value is -3.14. The lowest BCUT2D eigenvalue weighted by molar-refractivity contribution is -0.155. The number of carbonyl (C=O) groups is 2. The summed E-state index contributed by atoms with van der Waals surface area (Å²) in [5.41, 5.74) is -0.621. The van der Waals surface area contributed by atoms with Gasteiger partial charge >= 0.3 is 12.1 Å². The van der Waals surface area contributed by atoms with Crippen LogP contribution in [0.25, 0.3) is 10.9 Å². The quantitative estimate of drug-likeness (QED) is 0.400. The molecular weight excluding hydrogens is 447 g/mol. The second-order valence-corrected chi connectivity index (χ2v) is 6.85. The molecule has 0 fully saturated rings. The number of hydrogen-bond donors (Lipinski definition) is 2. The van der Waals surface area contributed by atoms with Crippen LogP contribution in [0.3, 0.4) is 0 Å². The van der Waals surface area contributed by atoms with Crippen LogP contribution in [0, 0.1) is 11.6 Å². The molecule has 1 heterocycles. The highest BCUT2D eigenvalue weighted by molar-refractivity contribution is 6.34. The Morgan fingerprint density at radius 1 is 1.13 bits per heavy atom. The van der Waals surface area contributed by atoms with E-state index in [4.69, 9.17) is 16.3 Å². The molecule has 0 saturated heterocycles. The molecule has 164 valence electrons. The molecule has 1 aromatic heterocycles. The fourth-order valence-corrected chi connectivity index (χ4v) is 3.14. The highest BCUT2D eigenvalue weighted by Gasteiger charge is 2.42. The third-order valence-corrected chi connectivity index (χ3v) is 4.64. The summed E-state index contributed by atoms with van der Waals surface area (Å²) in [7, 11) is 0. The van der Waals surface area contributed by atoms with Crippen molar-refractivity contribution >= 4 is 34.4 Å². The second-order valence-electron chi connectivity index (χ2n) is 6.44. The van der Waals surface area contributed by atoms with Gasteiger partial charge in [0.15, 0.2) is 17.7 Å². The van der Waals surface area contributed by atoms with E-state index >= 15 is 0 Å². The van der Waals surface area contributed by atoms with Gasteiger partial charge in [-0.25, -0.2) is 13.6 Å². The third-order valence-electron chi connectivity index (χ3n) is 4.33. The lowest BCUT2D eigenvalue weighted by atomic mass is 10.1. The van der Waals surface area contributed by atoms with E-state index in [0.717, 1.165) is 6.07 Å². The van der Waals surface area contributed by atoms with E-state index in [9.17, 15) is 31.5 Å². The number of esters is 1. The number of fused-ring (bicyclic) bond motifs is 1. The molecule has 0 aliphatic rings. The summed E-state index contributed by atoms with van der Waals surface area (Å²) < 4.78 is 71.8. The van der Waals surface area contributed by atoms with E-state index in [1.807, 2.05) is 0 Å². The molecule has 31 heavy (non-hydrogen) atoms. The minimum Gasteiger partial charge on any atom is -0.462 e. The minimum absolute atomic E-state index is 0.0229. The van der Waals surface area contributed by atoms with Gasteiger partial charge in [0.2, 0.25) is 0 Å². The molecule has 1 atom stereocenters. The van der Waals surface area contributed by atoms with Crippen molar-refractivity contribution in [2.75, 3.05) is 6.61 Å². The number of carbonyl (C=O) groups excluding carboxylic acids is 2. The van der Waals surface area contributed by atoms with Crippen molar-refractivity contribution in [2.45, 2.75) is 19.1 Å². The first-order valence-corrected chi connectivity index (χ1v) is 9.21. The predicted octanol–water partition coefficient (Wildman–Crippen LogP) is 5.31. The maximum Gasteiger partial charge on any atom is 0.412 e. The Morgan fingerprint density at radius 3 is 2.45 bits per heavy atom. The number of H-pyrrole nitrogens is 1. The van der Waals surface area contributed by atoms with Crippen LogP contribution in [0.5, 0.6) is 0 Å². The van der Waals surface area contributed by atoms with Crippen LogP contribution in [0.15, 0.2) is 36.4 Å². The smallest absolute Gasteiger partial charge is 0.412 e. The molecule has 0 bridgehead atoms. The number of rotatable bonds is 5. The summed E-state index contributed by atoms with van der Waals surface area (Å²) in [6.07, 6.45) is -4.98. The number of aromatic nitrogens is 1. The molecule has 2 N–H and O–H groups in total. The van der Waals surface area contributed by atoms with Crippen molar-refractivity contribution < 1.29 is 36.3 Å². The zero-order chi connectivity index (χ0) is 22.9. The lowest BCUT2D eigenvalue weighted by Crippen LogP contribution is -2.38. The zero-order valence-electron chi connectivity index (χ0n) is 15.7. The van der Waals surface area contributed by atoms with Crippen molar-refractivity contribution in [1.82, 2.24) is 10.3 Å². The largest absolute Gasteiger partial charge is 0.462 e. The van der Waals surface area contributed by atoms with Crippen LogP contribution < -0.4 is 5.32 Å². The van der Waals surface area contributed by atoms with E-state index in [2.05, 4.69) is 4.98 Å². The van der Waals surface area contributed by atoms with Crippen LogP contribution in [-0.2, 0) is 4.74 Å². The molecule has 5 nitrogen and oxygen atoms in total. The Labute approximate surface area is 177 Å². The van der Waals surface area contributed by atoms with Gasteiger partial charge in [0.25, 0.3) is 5.91 Å². The van der Waals surface area contributed by atoms with E-state index in [1.165, 1.54) is 18.2 Å². The summed E-state index contributed by atoms with van der Waals surface area (Å²) in [6.45, 7) is 1.71. The first-order chi connectivity index (χ1) is 14.5. The predicted molar refractivity (Wildman–Crippen MR) is 102 cm³/mol. The van der Waals surface area contributed by atoms with Crippen LogP contribution in [0.2, 0.25) is 5.02 Å². The SMILES string of the molecule is CCOC(=O)c1cc2cc(C(=O)NC(c3ccc(F)c(F)c3)C(F)(F)F)[nH]c2cc1Cl. The van der Waals surface area contributed by atoms with Crippen LogP contribution in [0.1, 0.15) is 39.4 Å². The highest BCUT2D eigenvalue weighted by Crippen LogP contribution is 2.34. The van der Waals surface area contributed by atoms with Crippen LogP contribution >= 0.6 is 11.6 Å². The minimum atomic E-state index is -4.98. The Balaban J connectivity index is 1.93. The van der Waals surface area contributed by atoms with E-state index in [1.54, 1.807) is 12.2 Å². The molecule has 3 rings (SSSR count). The summed E-state index contributed by atoms with van der Waals surface area (Å²) in [5.74, 6) is -4.65. The molecule has 0 aliphatic carbocycles. The maximum atomic E-state index is 13.5. The summed E-state index contributed by atoms with van der Waals surface area (Å²) in [6, 6.07) is 2.94. The summed E-state index contributed by atoms with van der Waals surface area (Å²) in [5, 5.41) is 2.11. The first kappa shape index (κ1) is 22.5. The molecule has 2 aromatic carbocycles. The monoisotopic (exact) mass is 460 g/mol. The Kier molecular flexibility index (Phi) is 6.21. The molecule has 3 aromatic rings. The average Bonchev–Trinajstić information content (AvgIpc) is 3.09. The van der Waals surface area contributed by atoms with Crippen molar-refractivity contribution in [2.24, 2.45) is 0 Å². The number of benzene rings is 2. The second kappa shape index (κ2) is 8.54. The normalized spacial score (nSPS) is 12.6. The number of alkyl halides is 3. The molecule has 1 amide bonds. The average molecular weight is 461 g/mol. The summed E-state index contributed by atoms with van der Waals surface area (Å²) >= 11 is 6.04. The van der Waals surface area contributed by atoms with Gasteiger partial charge in [-0.2, -0.15) is 13.2 Å². The lowest BCUT2D eigenvalue weighted by Gasteiger charge is -2.22. The van der Waals surface area contributed by atoms with E-state index in [0.29, 0.717) is 23.0 Å². The number of nitrogens with one attached hydrogen (secondary N) is 2. The van der Waals surface area contributed by atoms with Gasteiger partial charge in [0.1, 0.15) is 5.69 Å². The number of hydrogen-bond acceptors (Lipinski definition) is 3. The van der Waals surface area contributed by atoms with Crippen molar-refractivity contribution in [1.29, 1.82) is 0 Å². The topological polar surface area (TPSA) is 71.2 Å². The Morgan fingerprint density at radius 2 is 1.84 bits per heavy atom. The number of ether oxygens (including phenoxy) is 1. The van der Waals surface area contributed by atoms with Gasteiger partial charge < -0.3 is 15.0 Å². The molecular formula is C20H14ClF5N2O3. The molecule has 1 unspecified atom stereocenters. The zero-order valence-corrected chi connectivity index (χ0v) is 16.5. The van der Waals surface area contributed by atoms with Gasteiger partial charge in [-0.3, -0.25) is 4.79 Å². The first-order valence-electron chi connectivity index (χ1n) is 8.83. The van der Waals surface area contributed by atoms with E-state index < -0.39 is 41.3 Å². The van der Waals surface area contributed by atoms with Gasteiger partial charge in [-0.15, -0.1) is 0 Å². The molecule has 11 heteroatoms. The summed E-state index contributed by atoms with van der Waals surface area (Å²) in [4.78, 5) is 27.0. The fraction of sp³-hybridized carbons (Fsp3) is 0.200. The standard InChI is InChI=1S/C20H14ClF5N2O3/c1-2-31-19(30)11-5-10-7-16(27-15(10)8-12(11)21)18(29)28-17(20(24,25)26)9-3-4-13(22)14(23)6-9/h3-8,17,27H,2H2,1H3,(H,28,29). The number of aromatic amines is 1. The van der Waals surface area contributed by atoms with E-state index in [-0.39, 0.29) is 22.9 Å². The molecule has 0 radical (unpaired) electrons. The maximum absolute atomic E-state index is 13.5. The van der Waals surface area contributed by atoms with Crippen LogP contribution in [0.4, 0.5) is 22.0 Å².